The molecule has 0 unspecified atom stereocenters. The molecule has 0 radical (unpaired) electrons. The van der Waals surface area contributed by atoms with E-state index in [-0.39, 0.29) is 11.8 Å². The summed E-state index contributed by atoms with van der Waals surface area (Å²) in [5.41, 5.74) is -0.984. The average Bonchev–Trinajstić information content (AvgIpc) is 2.55. The Balaban J connectivity index is 1.77. The second kappa shape index (κ2) is 7.92. The standard InChI is InChI=1S/C16H29N3O3/c1-16(2,15(21)19-7-4-3-5-8-19)14(20)17-6-9-18-10-12-22-13-11-18/h3-13H2,1-2H3,(H,17,20). The van der Waals surface area contributed by atoms with E-state index in [1.165, 1.54) is 6.42 Å². The molecule has 0 spiro atoms. The fourth-order valence-corrected chi connectivity index (χ4v) is 2.96. The first-order valence-electron chi connectivity index (χ1n) is 8.39. The van der Waals surface area contributed by atoms with Crippen LogP contribution in [0.25, 0.3) is 0 Å². The van der Waals surface area contributed by atoms with Gasteiger partial charge in [-0.1, -0.05) is 0 Å². The molecule has 2 rings (SSSR count). The van der Waals surface area contributed by atoms with Gasteiger partial charge in [0.15, 0.2) is 0 Å². The van der Waals surface area contributed by atoms with Crippen LogP contribution in [0, 0.1) is 5.41 Å². The smallest absolute Gasteiger partial charge is 0.237 e. The molecule has 2 saturated heterocycles. The maximum atomic E-state index is 12.6. The van der Waals surface area contributed by atoms with Crippen molar-refractivity contribution in [3.8, 4) is 0 Å². The Labute approximate surface area is 133 Å². The van der Waals surface area contributed by atoms with Crippen LogP contribution in [0.15, 0.2) is 0 Å². The van der Waals surface area contributed by atoms with E-state index in [9.17, 15) is 9.59 Å². The highest BCUT2D eigenvalue weighted by Gasteiger charge is 2.39. The van der Waals surface area contributed by atoms with Crippen molar-refractivity contribution in [2.75, 3.05) is 52.5 Å². The summed E-state index contributed by atoms with van der Waals surface area (Å²) in [6.07, 6.45) is 3.26. The molecule has 2 heterocycles. The molecule has 0 aromatic heterocycles. The van der Waals surface area contributed by atoms with Crippen molar-refractivity contribution in [2.24, 2.45) is 5.41 Å². The topological polar surface area (TPSA) is 61.9 Å². The number of morpholine rings is 1. The van der Waals surface area contributed by atoms with Gasteiger partial charge in [-0.3, -0.25) is 14.5 Å². The van der Waals surface area contributed by atoms with E-state index in [0.29, 0.717) is 6.54 Å². The van der Waals surface area contributed by atoms with Gasteiger partial charge >= 0.3 is 0 Å². The SMILES string of the molecule is CC(C)(C(=O)NCCN1CCOCC1)C(=O)N1CCCCC1. The Morgan fingerprint density at radius 1 is 1.05 bits per heavy atom. The third kappa shape index (κ3) is 4.43. The molecule has 0 aliphatic carbocycles. The molecule has 126 valence electrons. The minimum atomic E-state index is -0.984. The lowest BCUT2D eigenvalue weighted by atomic mass is 9.89. The van der Waals surface area contributed by atoms with Gasteiger partial charge in [0.25, 0.3) is 0 Å². The fraction of sp³-hybridized carbons (Fsp3) is 0.875. The van der Waals surface area contributed by atoms with Crippen LogP contribution in [0.2, 0.25) is 0 Å². The van der Waals surface area contributed by atoms with Gasteiger partial charge in [0.05, 0.1) is 13.2 Å². The highest BCUT2D eigenvalue weighted by atomic mass is 16.5. The van der Waals surface area contributed by atoms with E-state index < -0.39 is 5.41 Å². The largest absolute Gasteiger partial charge is 0.379 e. The number of likely N-dealkylation sites (tertiary alicyclic amines) is 1. The van der Waals surface area contributed by atoms with Crippen LogP contribution in [-0.4, -0.2) is 74.1 Å². The highest BCUT2D eigenvalue weighted by molar-refractivity contribution is 6.04. The van der Waals surface area contributed by atoms with E-state index in [2.05, 4.69) is 10.2 Å². The zero-order valence-electron chi connectivity index (χ0n) is 13.9. The summed E-state index contributed by atoms with van der Waals surface area (Å²) in [7, 11) is 0. The van der Waals surface area contributed by atoms with Gasteiger partial charge in [0.2, 0.25) is 11.8 Å². The number of rotatable bonds is 5. The summed E-state index contributed by atoms with van der Waals surface area (Å²) in [6.45, 7) is 9.74. The molecular formula is C16H29N3O3. The molecule has 2 aliphatic heterocycles. The summed E-state index contributed by atoms with van der Waals surface area (Å²) in [5.74, 6) is -0.215. The summed E-state index contributed by atoms with van der Waals surface area (Å²) >= 11 is 0. The van der Waals surface area contributed by atoms with E-state index in [1.807, 2.05) is 4.90 Å². The fourth-order valence-electron chi connectivity index (χ4n) is 2.96. The third-order valence-electron chi connectivity index (χ3n) is 4.56. The van der Waals surface area contributed by atoms with Gasteiger partial charge in [-0.2, -0.15) is 0 Å². The minimum absolute atomic E-state index is 0.0453. The van der Waals surface area contributed by atoms with E-state index in [4.69, 9.17) is 4.74 Å². The first-order valence-corrected chi connectivity index (χ1v) is 8.39. The molecule has 6 heteroatoms. The van der Waals surface area contributed by atoms with Crippen molar-refractivity contribution < 1.29 is 14.3 Å². The number of ether oxygens (including phenoxy) is 1. The highest BCUT2D eigenvalue weighted by Crippen LogP contribution is 2.22. The Morgan fingerprint density at radius 3 is 2.32 bits per heavy atom. The zero-order valence-corrected chi connectivity index (χ0v) is 13.9. The van der Waals surface area contributed by atoms with Crippen molar-refractivity contribution in [1.82, 2.24) is 15.1 Å². The van der Waals surface area contributed by atoms with Crippen molar-refractivity contribution >= 4 is 11.8 Å². The third-order valence-corrected chi connectivity index (χ3v) is 4.56. The minimum Gasteiger partial charge on any atom is -0.379 e. The zero-order chi connectivity index (χ0) is 16.0. The first kappa shape index (κ1) is 17.2. The van der Waals surface area contributed by atoms with Crippen LogP contribution >= 0.6 is 0 Å². The molecule has 0 bridgehead atoms. The van der Waals surface area contributed by atoms with Crippen LogP contribution in [0.4, 0.5) is 0 Å². The maximum absolute atomic E-state index is 12.6. The molecule has 1 N–H and O–H groups in total. The lowest BCUT2D eigenvalue weighted by molar-refractivity contribution is -0.149. The van der Waals surface area contributed by atoms with E-state index >= 15 is 0 Å². The van der Waals surface area contributed by atoms with Gasteiger partial charge in [-0.15, -0.1) is 0 Å². The Kier molecular flexibility index (Phi) is 6.20. The molecule has 0 aromatic rings. The summed E-state index contributed by atoms with van der Waals surface area (Å²) < 4.78 is 5.30. The van der Waals surface area contributed by atoms with Crippen LogP contribution in [0.1, 0.15) is 33.1 Å². The summed E-state index contributed by atoms with van der Waals surface area (Å²) in [5, 5.41) is 2.92. The number of hydrogen-bond donors (Lipinski definition) is 1. The second-order valence-electron chi connectivity index (χ2n) is 6.69. The molecule has 0 saturated carbocycles. The van der Waals surface area contributed by atoms with Crippen molar-refractivity contribution in [1.29, 1.82) is 0 Å². The molecule has 2 aliphatic rings. The van der Waals surface area contributed by atoms with Crippen LogP contribution < -0.4 is 5.32 Å². The maximum Gasteiger partial charge on any atom is 0.237 e. The first-order chi connectivity index (χ1) is 10.5. The van der Waals surface area contributed by atoms with Crippen LogP contribution in [0.3, 0.4) is 0 Å². The van der Waals surface area contributed by atoms with Gasteiger partial charge in [-0.05, 0) is 33.1 Å². The predicted octanol–water partition coefficient (Wildman–Crippen LogP) is 0.474. The molecule has 6 nitrogen and oxygen atoms in total. The summed E-state index contributed by atoms with van der Waals surface area (Å²) in [6, 6.07) is 0. The summed E-state index contributed by atoms with van der Waals surface area (Å²) in [4.78, 5) is 29.1. The van der Waals surface area contributed by atoms with Crippen molar-refractivity contribution in [3.63, 3.8) is 0 Å². The monoisotopic (exact) mass is 311 g/mol. The molecule has 22 heavy (non-hydrogen) atoms. The van der Waals surface area contributed by atoms with Gasteiger partial charge in [0, 0.05) is 39.3 Å². The van der Waals surface area contributed by atoms with E-state index in [1.54, 1.807) is 13.8 Å². The Hall–Kier alpha value is -1.14. The van der Waals surface area contributed by atoms with Gasteiger partial charge in [0.1, 0.15) is 5.41 Å². The molecular weight excluding hydrogens is 282 g/mol. The van der Waals surface area contributed by atoms with Crippen molar-refractivity contribution in [3.05, 3.63) is 0 Å². The molecule has 2 fully saturated rings. The van der Waals surface area contributed by atoms with E-state index in [0.717, 1.165) is 58.8 Å². The molecule has 0 atom stereocenters. The van der Waals surface area contributed by atoms with Crippen LogP contribution in [-0.2, 0) is 14.3 Å². The lowest BCUT2D eigenvalue weighted by Gasteiger charge is -2.33. The number of nitrogens with one attached hydrogen (secondary N) is 1. The average molecular weight is 311 g/mol. The molecule has 0 aromatic carbocycles. The number of nitrogens with zero attached hydrogens (tertiary/aromatic N) is 2. The number of carbonyl (C=O) groups is 2. The van der Waals surface area contributed by atoms with Gasteiger partial charge < -0.3 is 15.0 Å². The Bertz CT molecular complexity index is 386. The number of hydrogen-bond acceptors (Lipinski definition) is 4. The number of carbonyl (C=O) groups excluding carboxylic acids is 2. The second-order valence-corrected chi connectivity index (χ2v) is 6.69. The van der Waals surface area contributed by atoms with Crippen LogP contribution in [0.5, 0.6) is 0 Å². The van der Waals surface area contributed by atoms with Crippen molar-refractivity contribution in [2.45, 2.75) is 33.1 Å². The predicted molar refractivity (Wildman–Crippen MR) is 84.5 cm³/mol. The van der Waals surface area contributed by atoms with Gasteiger partial charge in [-0.25, -0.2) is 0 Å². The lowest BCUT2D eigenvalue weighted by Crippen LogP contribution is -2.52. The number of amides is 2. The number of piperidine rings is 1. The Morgan fingerprint density at radius 2 is 1.68 bits per heavy atom. The molecule has 2 amide bonds. The normalized spacial score (nSPS) is 20.7. The quantitative estimate of drug-likeness (QED) is 0.750.